The summed E-state index contributed by atoms with van der Waals surface area (Å²) in [4.78, 5) is 45.2. The Kier molecular flexibility index (Phi) is 10.7. The van der Waals surface area contributed by atoms with Gasteiger partial charge in [0.25, 0.3) is 0 Å². The van der Waals surface area contributed by atoms with Crippen molar-refractivity contribution in [1.29, 1.82) is 0 Å². The van der Waals surface area contributed by atoms with Crippen LogP contribution in [-0.2, 0) is 30.6 Å². The molecule has 0 saturated carbocycles. The van der Waals surface area contributed by atoms with Gasteiger partial charge in [-0.2, -0.15) is 0 Å². The molecule has 0 radical (unpaired) electrons. The van der Waals surface area contributed by atoms with E-state index in [1.54, 1.807) is 62.1 Å². The van der Waals surface area contributed by atoms with Crippen LogP contribution in [0.2, 0.25) is 0 Å². The van der Waals surface area contributed by atoms with Gasteiger partial charge in [0.05, 0.1) is 10.9 Å². The zero-order valence-corrected chi connectivity index (χ0v) is 27.1. The number of carbonyl (C=O) groups is 3. The fourth-order valence-corrected chi connectivity index (χ4v) is 6.54. The number of nitrogens with zero attached hydrogens (tertiary/aromatic N) is 3. The van der Waals surface area contributed by atoms with Gasteiger partial charge in [-0.05, 0) is 84.0 Å². The van der Waals surface area contributed by atoms with Crippen LogP contribution in [0.1, 0.15) is 44.7 Å². The fraction of sp³-hybridized carbons (Fsp3) is 0.531. The van der Waals surface area contributed by atoms with Gasteiger partial charge in [0.2, 0.25) is 5.91 Å². The van der Waals surface area contributed by atoms with Crippen molar-refractivity contribution >= 4 is 27.8 Å². The minimum atomic E-state index is -4.00. The average Bonchev–Trinajstić information content (AvgIpc) is 3.50. The molecule has 2 atom stereocenters. The summed E-state index contributed by atoms with van der Waals surface area (Å²) in [5.41, 5.74) is 0.675. The van der Waals surface area contributed by atoms with Gasteiger partial charge in [0.1, 0.15) is 23.3 Å². The molecule has 4 rings (SSSR count). The number of esters is 1. The molecule has 11 nitrogen and oxygen atoms in total. The number of hydrogen-bond acceptors (Lipinski definition) is 9. The number of sulfone groups is 1. The standard InChI is InChI=1S/C32H44N4O7S/c1-23-8-14-26(15-9-23)44(40,41)22-36(29(37)27-7-6-16-33-27)28(30(38)43-32(2,3)4)21-24-10-12-25(13-11-24)42-31(39)35-19-17-34(5)18-20-35/h8-15,27-28,33H,6-7,16-22H2,1-5H3/t27-,28-/m0/s1. The minimum Gasteiger partial charge on any atom is -0.458 e. The van der Waals surface area contributed by atoms with E-state index in [2.05, 4.69) is 10.2 Å². The summed E-state index contributed by atoms with van der Waals surface area (Å²) in [6.07, 6.45) is 0.873. The Hall–Kier alpha value is -3.48. The molecule has 2 aromatic carbocycles. The number of carbonyl (C=O) groups excluding carboxylic acids is 3. The van der Waals surface area contributed by atoms with Crippen molar-refractivity contribution in [3.63, 3.8) is 0 Å². The second-order valence-electron chi connectivity index (χ2n) is 12.6. The number of hydrogen-bond donors (Lipinski definition) is 1. The second-order valence-corrected chi connectivity index (χ2v) is 14.5. The number of piperazine rings is 1. The van der Waals surface area contributed by atoms with Crippen molar-refractivity contribution in [3.8, 4) is 5.75 Å². The van der Waals surface area contributed by atoms with Gasteiger partial charge >= 0.3 is 12.1 Å². The van der Waals surface area contributed by atoms with Crippen LogP contribution >= 0.6 is 0 Å². The van der Waals surface area contributed by atoms with E-state index < -0.39 is 51.4 Å². The predicted molar refractivity (Wildman–Crippen MR) is 166 cm³/mol. The van der Waals surface area contributed by atoms with Crippen LogP contribution in [0.4, 0.5) is 4.79 Å². The maximum absolute atomic E-state index is 13.9. The number of aryl methyl sites for hydroxylation is 1. The number of ether oxygens (including phenoxy) is 2. The van der Waals surface area contributed by atoms with Gasteiger partial charge in [-0.25, -0.2) is 18.0 Å². The summed E-state index contributed by atoms with van der Waals surface area (Å²) in [6, 6.07) is 11.2. The maximum Gasteiger partial charge on any atom is 0.415 e. The molecule has 2 heterocycles. The van der Waals surface area contributed by atoms with Gasteiger partial charge in [0, 0.05) is 32.6 Å². The lowest BCUT2D eigenvalue weighted by Crippen LogP contribution is -2.55. The van der Waals surface area contributed by atoms with Crippen LogP contribution in [0.25, 0.3) is 0 Å². The van der Waals surface area contributed by atoms with E-state index in [1.165, 1.54) is 12.1 Å². The normalized spacial score (nSPS) is 18.5. The SMILES string of the molecule is Cc1ccc(S(=O)(=O)CN(C(=O)[C@@H]2CCCN2)[C@@H](Cc2ccc(OC(=O)N3CCN(C)CC3)cc2)C(=O)OC(C)(C)C)cc1. The van der Waals surface area contributed by atoms with Gasteiger partial charge < -0.3 is 29.5 Å². The average molecular weight is 629 g/mol. The quantitative estimate of drug-likeness (QED) is 0.417. The molecular formula is C32H44N4O7S. The fourth-order valence-electron chi connectivity index (χ4n) is 5.17. The van der Waals surface area contributed by atoms with E-state index in [4.69, 9.17) is 9.47 Å². The topological polar surface area (TPSA) is 126 Å². The highest BCUT2D eigenvalue weighted by atomic mass is 32.2. The number of benzene rings is 2. The molecular weight excluding hydrogens is 584 g/mol. The highest BCUT2D eigenvalue weighted by Crippen LogP contribution is 2.23. The van der Waals surface area contributed by atoms with Crippen molar-refractivity contribution < 1.29 is 32.3 Å². The Morgan fingerprint density at radius 1 is 1.00 bits per heavy atom. The molecule has 0 spiro atoms. The first kappa shape index (κ1) is 33.4. The molecule has 0 aliphatic carbocycles. The Balaban J connectivity index is 1.60. The van der Waals surface area contributed by atoms with Crippen LogP contribution in [-0.4, -0.2) is 104 Å². The summed E-state index contributed by atoms with van der Waals surface area (Å²) in [7, 11) is -1.99. The Morgan fingerprint density at radius 2 is 1.64 bits per heavy atom. The first-order valence-corrected chi connectivity index (χ1v) is 16.7. The smallest absolute Gasteiger partial charge is 0.415 e. The van der Waals surface area contributed by atoms with Gasteiger partial charge in [-0.15, -0.1) is 0 Å². The molecule has 2 aromatic rings. The summed E-state index contributed by atoms with van der Waals surface area (Å²) in [5.74, 6) is -1.51. The van der Waals surface area contributed by atoms with E-state index >= 15 is 0 Å². The van der Waals surface area contributed by atoms with Crippen molar-refractivity contribution in [3.05, 3.63) is 59.7 Å². The van der Waals surface area contributed by atoms with E-state index in [0.717, 1.165) is 30.0 Å². The molecule has 0 unspecified atom stereocenters. The molecule has 0 aromatic heterocycles. The van der Waals surface area contributed by atoms with Crippen molar-refractivity contribution in [2.75, 3.05) is 45.6 Å². The van der Waals surface area contributed by atoms with Crippen molar-refractivity contribution in [2.45, 2.75) is 69.5 Å². The summed E-state index contributed by atoms with van der Waals surface area (Å²) in [5, 5.41) is 3.14. The molecule has 1 N–H and O–H groups in total. The van der Waals surface area contributed by atoms with E-state index in [9.17, 15) is 22.8 Å². The molecule has 44 heavy (non-hydrogen) atoms. The third-order valence-electron chi connectivity index (χ3n) is 7.70. The number of likely N-dealkylation sites (N-methyl/N-ethyl adjacent to an activating group) is 1. The van der Waals surface area contributed by atoms with Gasteiger partial charge in [0.15, 0.2) is 9.84 Å². The Labute approximate surface area is 260 Å². The lowest BCUT2D eigenvalue weighted by molar-refractivity contribution is -0.164. The molecule has 2 saturated heterocycles. The highest BCUT2D eigenvalue weighted by molar-refractivity contribution is 7.91. The molecule has 0 bridgehead atoms. The highest BCUT2D eigenvalue weighted by Gasteiger charge is 2.39. The van der Waals surface area contributed by atoms with E-state index in [0.29, 0.717) is 37.4 Å². The molecule has 240 valence electrons. The minimum absolute atomic E-state index is 0.00345. The van der Waals surface area contributed by atoms with Crippen LogP contribution < -0.4 is 10.1 Å². The summed E-state index contributed by atoms with van der Waals surface area (Å²) in [6.45, 7) is 10.3. The monoisotopic (exact) mass is 628 g/mol. The summed E-state index contributed by atoms with van der Waals surface area (Å²) >= 11 is 0. The first-order chi connectivity index (χ1) is 20.7. The third kappa shape index (κ3) is 9.02. The zero-order chi connectivity index (χ0) is 32.1. The lowest BCUT2D eigenvalue weighted by Gasteiger charge is -2.34. The first-order valence-electron chi connectivity index (χ1n) is 15.0. The molecule has 2 aliphatic rings. The number of nitrogens with one attached hydrogen (secondary N) is 1. The van der Waals surface area contributed by atoms with E-state index in [1.807, 2.05) is 14.0 Å². The molecule has 12 heteroatoms. The molecule has 2 amide bonds. The predicted octanol–water partition coefficient (Wildman–Crippen LogP) is 3.01. The van der Waals surface area contributed by atoms with Gasteiger partial charge in [-0.1, -0.05) is 29.8 Å². The molecule has 2 aliphatic heterocycles. The van der Waals surface area contributed by atoms with Crippen molar-refractivity contribution in [2.24, 2.45) is 0 Å². The largest absolute Gasteiger partial charge is 0.458 e. The van der Waals surface area contributed by atoms with Crippen LogP contribution in [0.5, 0.6) is 5.75 Å². The van der Waals surface area contributed by atoms with Crippen LogP contribution in [0.3, 0.4) is 0 Å². The second kappa shape index (κ2) is 14.1. The van der Waals surface area contributed by atoms with E-state index in [-0.39, 0.29) is 11.3 Å². The molecule has 2 fully saturated rings. The Bertz CT molecular complexity index is 1410. The number of amides is 2. The summed E-state index contributed by atoms with van der Waals surface area (Å²) < 4.78 is 38.5. The van der Waals surface area contributed by atoms with Crippen molar-refractivity contribution in [1.82, 2.24) is 20.0 Å². The van der Waals surface area contributed by atoms with Crippen LogP contribution in [0.15, 0.2) is 53.4 Å². The van der Waals surface area contributed by atoms with Gasteiger partial charge in [-0.3, -0.25) is 4.79 Å². The third-order valence-corrected chi connectivity index (χ3v) is 9.31. The number of rotatable bonds is 9. The maximum atomic E-state index is 13.9. The Morgan fingerprint density at radius 3 is 2.20 bits per heavy atom. The van der Waals surface area contributed by atoms with Crippen LogP contribution in [0, 0.1) is 6.92 Å². The lowest BCUT2D eigenvalue weighted by atomic mass is 10.0. The zero-order valence-electron chi connectivity index (χ0n) is 26.2.